The van der Waals surface area contributed by atoms with Crippen LogP contribution in [-0.4, -0.2) is 38.4 Å². The highest BCUT2D eigenvalue weighted by Crippen LogP contribution is 2.17. The molecule has 0 spiro atoms. The van der Waals surface area contributed by atoms with Gasteiger partial charge in [-0.15, -0.1) is 0 Å². The highest BCUT2D eigenvalue weighted by atomic mass is 32.2. The second-order valence-corrected chi connectivity index (χ2v) is 8.28. The van der Waals surface area contributed by atoms with Crippen molar-refractivity contribution in [1.29, 1.82) is 0 Å². The Morgan fingerprint density at radius 1 is 1.07 bits per heavy atom. The van der Waals surface area contributed by atoms with E-state index >= 15 is 0 Å². The molecule has 0 heterocycles. The fraction of sp³-hybridized carbons (Fsp3) is 0.227. The molecule has 6 heteroatoms. The van der Waals surface area contributed by atoms with E-state index < -0.39 is 16.0 Å². The van der Waals surface area contributed by atoms with Gasteiger partial charge in [0.1, 0.15) is 0 Å². The number of carbonyl (C=O) groups is 1. The van der Waals surface area contributed by atoms with E-state index in [-0.39, 0.29) is 24.6 Å². The van der Waals surface area contributed by atoms with Gasteiger partial charge >= 0.3 is 5.97 Å². The van der Waals surface area contributed by atoms with Crippen molar-refractivity contribution in [3.63, 3.8) is 0 Å². The zero-order valence-corrected chi connectivity index (χ0v) is 16.8. The Balaban J connectivity index is 2.03. The predicted molar refractivity (Wildman–Crippen MR) is 109 cm³/mol. The Kier molecular flexibility index (Phi) is 7.56. The van der Waals surface area contributed by atoms with Crippen molar-refractivity contribution in [1.82, 2.24) is 4.31 Å². The van der Waals surface area contributed by atoms with Crippen LogP contribution >= 0.6 is 0 Å². The SMILES string of the molecule is C=C(C)CN(CC#CCOC(=O)c1ccccc1)S(=O)(=O)c1ccc(C)cc1. The second-order valence-electron chi connectivity index (χ2n) is 6.34. The van der Waals surface area contributed by atoms with Crippen LogP contribution in [0.3, 0.4) is 0 Å². The van der Waals surface area contributed by atoms with E-state index in [1.54, 1.807) is 61.5 Å². The number of rotatable bonds is 7. The van der Waals surface area contributed by atoms with Crippen molar-refractivity contribution in [2.75, 3.05) is 19.7 Å². The number of ether oxygens (including phenoxy) is 1. The van der Waals surface area contributed by atoms with E-state index in [1.165, 1.54) is 4.31 Å². The van der Waals surface area contributed by atoms with Crippen LogP contribution in [-0.2, 0) is 14.8 Å². The van der Waals surface area contributed by atoms with Crippen molar-refractivity contribution in [3.8, 4) is 11.8 Å². The van der Waals surface area contributed by atoms with E-state index in [0.717, 1.165) is 5.56 Å². The van der Waals surface area contributed by atoms with E-state index in [9.17, 15) is 13.2 Å². The van der Waals surface area contributed by atoms with Crippen LogP contribution in [0.25, 0.3) is 0 Å². The number of sulfonamides is 1. The number of carbonyl (C=O) groups excluding carboxylic acids is 1. The van der Waals surface area contributed by atoms with Crippen molar-refractivity contribution < 1.29 is 17.9 Å². The van der Waals surface area contributed by atoms with Crippen molar-refractivity contribution in [2.24, 2.45) is 0 Å². The van der Waals surface area contributed by atoms with Gasteiger partial charge in [0, 0.05) is 6.54 Å². The van der Waals surface area contributed by atoms with Gasteiger partial charge in [-0.2, -0.15) is 4.31 Å². The summed E-state index contributed by atoms with van der Waals surface area (Å²) in [5.74, 6) is 4.99. The van der Waals surface area contributed by atoms with Crippen LogP contribution in [0.2, 0.25) is 0 Å². The zero-order valence-electron chi connectivity index (χ0n) is 16.0. The third kappa shape index (κ3) is 6.08. The Morgan fingerprint density at radius 3 is 2.32 bits per heavy atom. The molecule has 5 nitrogen and oxygen atoms in total. The Bertz CT molecular complexity index is 984. The van der Waals surface area contributed by atoms with Gasteiger partial charge in [0.05, 0.1) is 17.0 Å². The van der Waals surface area contributed by atoms with Crippen LogP contribution < -0.4 is 0 Å². The highest BCUT2D eigenvalue weighted by Gasteiger charge is 2.23. The standard InChI is InChI=1S/C22H23NO4S/c1-18(2)17-23(28(25,26)21-13-11-19(3)12-14-21)15-7-8-16-27-22(24)20-9-5-4-6-10-20/h4-6,9-14H,1,15-17H2,2-3H3. The average Bonchev–Trinajstić information content (AvgIpc) is 2.67. The molecule has 0 fully saturated rings. The first-order valence-electron chi connectivity index (χ1n) is 8.70. The van der Waals surface area contributed by atoms with Crippen LogP contribution in [0.1, 0.15) is 22.8 Å². The molecule has 0 N–H and O–H groups in total. The minimum absolute atomic E-state index is 0.0219. The monoisotopic (exact) mass is 397 g/mol. The summed E-state index contributed by atoms with van der Waals surface area (Å²) in [6, 6.07) is 15.2. The Hall–Kier alpha value is -2.88. The van der Waals surface area contributed by atoms with Crippen LogP contribution in [0.15, 0.2) is 71.6 Å². The van der Waals surface area contributed by atoms with Crippen molar-refractivity contribution in [3.05, 3.63) is 77.9 Å². The molecule has 146 valence electrons. The lowest BCUT2D eigenvalue weighted by Crippen LogP contribution is -2.33. The lowest BCUT2D eigenvalue weighted by Gasteiger charge is -2.20. The predicted octanol–water partition coefficient (Wildman–Crippen LogP) is 3.42. The molecule has 28 heavy (non-hydrogen) atoms. The fourth-order valence-electron chi connectivity index (χ4n) is 2.34. The quantitative estimate of drug-likeness (QED) is 0.408. The number of benzene rings is 2. The normalized spacial score (nSPS) is 10.8. The van der Waals surface area contributed by atoms with E-state index in [1.807, 2.05) is 6.92 Å². The molecule has 0 unspecified atom stereocenters. The molecule has 0 radical (unpaired) electrons. The number of nitrogens with zero attached hydrogens (tertiary/aromatic N) is 1. The minimum Gasteiger partial charge on any atom is -0.449 e. The van der Waals surface area contributed by atoms with E-state index in [4.69, 9.17) is 4.74 Å². The summed E-state index contributed by atoms with van der Waals surface area (Å²) in [6.45, 7) is 7.47. The Morgan fingerprint density at radius 2 is 1.71 bits per heavy atom. The molecular weight excluding hydrogens is 374 g/mol. The van der Waals surface area contributed by atoms with Gasteiger partial charge in [-0.25, -0.2) is 13.2 Å². The molecule has 0 aromatic heterocycles. The Labute approximate surface area is 166 Å². The van der Waals surface area contributed by atoms with E-state index in [0.29, 0.717) is 11.1 Å². The maximum atomic E-state index is 12.9. The van der Waals surface area contributed by atoms with Gasteiger partial charge in [-0.05, 0) is 38.1 Å². The lowest BCUT2D eigenvalue weighted by molar-refractivity contribution is 0.0556. The molecule has 2 aromatic carbocycles. The molecule has 0 aliphatic carbocycles. The van der Waals surface area contributed by atoms with Gasteiger partial charge in [-0.1, -0.05) is 59.9 Å². The van der Waals surface area contributed by atoms with Gasteiger partial charge in [0.15, 0.2) is 6.61 Å². The third-order valence-electron chi connectivity index (χ3n) is 3.77. The molecular formula is C22H23NO4S. The first kappa shape index (κ1) is 21.4. The molecule has 0 saturated carbocycles. The maximum Gasteiger partial charge on any atom is 0.339 e. The summed E-state index contributed by atoms with van der Waals surface area (Å²) in [4.78, 5) is 12.1. The number of hydrogen-bond acceptors (Lipinski definition) is 4. The van der Waals surface area contributed by atoms with Gasteiger partial charge in [-0.3, -0.25) is 0 Å². The van der Waals surface area contributed by atoms with E-state index in [2.05, 4.69) is 18.4 Å². The summed E-state index contributed by atoms with van der Waals surface area (Å²) >= 11 is 0. The second kappa shape index (κ2) is 9.88. The summed E-state index contributed by atoms with van der Waals surface area (Å²) in [6.07, 6.45) is 0. The fourth-order valence-corrected chi connectivity index (χ4v) is 3.74. The summed E-state index contributed by atoms with van der Waals surface area (Å²) in [7, 11) is -3.70. The van der Waals surface area contributed by atoms with Gasteiger partial charge < -0.3 is 4.74 Å². The lowest BCUT2D eigenvalue weighted by atomic mass is 10.2. The molecule has 0 aliphatic rings. The molecule has 0 atom stereocenters. The van der Waals surface area contributed by atoms with Crippen LogP contribution in [0.5, 0.6) is 0 Å². The first-order chi connectivity index (χ1) is 13.3. The topological polar surface area (TPSA) is 63.7 Å². The van der Waals surface area contributed by atoms with Crippen molar-refractivity contribution >= 4 is 16.0 Å². The largest absolute Gasteiger partial charge is 0.449 e. The average molecular weight is 397 g/mol. The van der Waals surface area contributed by atoms with Crippen LogP contribution in [0, 0.1) is 18.8 Å². The molecule has 2 rings (SSSR count). The minimum atomic E-state index is -3.70. The number of aryl methyl sites for hydroxylation is 1. The summed E-state index contributed by atoms with van der Waals surface area (Å²) in [5, 5.41) is 0. The molecule has 0 amide bonds. The molecule has 0 saturated heterocycles. The maximum absolute atomic E-state index is 12.9. The number of hydrogen-bond donors (Lipinski definition) is 0. The van der Waals surface area contributed by atoms with Gasteiger partial charge in [0.2, 0.25) is 10.0 Å². The van der Waals surface area contributed by atoms with Gasteiger partial charge in [0.25, 0.3) is 0 Å². The zero-order chi connectivity index (χ0) is 20.6. The highest BCUT2D eigenvalue weighted by molar-refractivity contribution is 7.89. The molecule has 2 aromatic rings. The summed E-state index contributed by atoms with van der Waals surface area (Å²) < 4.78 is 32.1. The molecule has 0 aliphatic heterocycles. The third-order valence-corrected chi connectivity index (χ3v) is 5.58. The number of esters is 1. The molecule has 0 bridgehead atoms. The summed E-state index contributed by atoms with van der Waals surface area (Å²) in [5.41, 5.74) is 2.12. The van der Waals surface area contributed by atoms with Crippen LogP contribution in [0.4, 0.5) is 0 Å². The van der Waals surface area contributed by atoms with Crippen molar-refractivity contribution in [2.45, 2.75) is 18.7 Å². The smallest absolute Gasteiger partial charge is 0.339 e. The first-order valence-corrected chi connectivity index (χ1v) is 10.1.